The molecule has 0 unspecified atom stereocenters. The van der Waals surface area contributed by atoms with Crippen LogP contribution >= 0.6 is 0 Å². The van der Waals surface area contributed by atoms with Gasteiger partial charge in [-0.2, -0.15) is 10.2 Å². The highest BCUT2D eigenvalue weighted by Gasteiger charge is 2.13. The fourth-order valence-electron chi connectivity index (χ4n) is 3.00. The molecular weight excluding hydrogens is 371 g/mol. The van der Waals surface area contributed by atoms with Gasteiger partial charge in [-0.25, -0.2) is 4.39 Å². The predicted octanol–water partition coefficient (Wildman–Crippen LogP) is 2.91. The summed E-state index contributed by atoms with van der Waals surface area (Å²) in [4.78, 5) is 16.4. The van der Waals surface area contributed by atoms with E-state index in [1.807, 2.05) is 22.9 Å². The van der Waals surface area contributed by atoms with Gasteiger partial charge >= 0.3 is 0 Å². The number of carbonyl (C=O) groups is 1. The van der Waals surface area contributed by atoms with Gasteiger partial charge in [-0.1, -0.05) is 0 Å². The fourth-order valence-corrected chi connectivity index (χ4v) is 3.00. The smallest absolute Gasteiger partial charge is 0.271 e. The normalized spacial score (nSPS) is 10.8. The molecule has 0 aliphatic rings. The average Bonchev–Trinajstić information content (AvgIpc) is 3.36. The van der Waals surface area contributed by atoms with Crippen LogP contribution in [0.25, 0.3) is 22.5 Å². The van der Waals surface area contributed by atoms with Crippen LogP contribution in [0.15, 0.2) is 67.1 Å². The summed E-state index contributed by atoms with van der Waals surface area (Å²) >= 11 is 0. The number of nitrogens with one attached hydrogen (secondary N) is 1. The molecule has 1 aromatic carbocycles. The molecular formula is C21H19FN6O. The molecule has 0 bridgehead atoms. The maximum absolute atomic E-state index is 13.3. The van der Waals surface area contributed by atoms with Crippen LogP contribution in [0.5, 0.6) is 0 Å². The molecule has 4 aromatic rings. The highest BCUT2D eigenvalue weighted by atomic mass is 19.1. The summed E-state index contributed by atoms with van der Waals surface area (Å²) in [6.07, 6.45) is 5.19. The van der Waals surface area contributed by atoms with Gasteiger partial charge in [-0.3, -0.25) is 19.1 Å². The molecule has 8 heteroatoms. The van der Waals surface area contributed by atoms with Gasteiger partial charge < -0.3 is 5.32 Å². The van der Waals surface area contributed by atoms with E-state index in [2.05, 4.69) is 20.5 Å². The van der Waals surface area contributed by atoms with Gasteiger partial charge in [0, 0.05) is 43.3 Å². The summed E-state index contributed by atoms with van der Waals surface area (Å²) in [5.41, 5.74) is 3.68. The number of hydrogen-bond acceptors (Lipinski definition) is 4. The molecule has 29 heavy (non-hydrogen) atoms. The van der Waals surface area contributed by atoms with Crippen molar-refractivity contribution in [3.8, 4) is 22.5 Å². The average molecular weight is 390 g/mol. The summed E-state index contributed by atoms with van der Waals surface area (Å²) in [6, 6.07) is 13.6. The number of halogens is 1. The van der Waals surface area contributed by atoms with Crippen molar-refractivity contribution < 1.29 is 9.18 Å². The third kappa shape index (κ3) is 4.21. The summed E-state index contributed by atoms with van der Waals surface area (Å²) in [5.74, 6) is -0.530. The van der Waals surface area contributed by atoms with Crippen molar-refractivity contribution in [1.29, 1.82) is 0 Å². The van der Waals surface area contributed by atoms with Gasteiger partial charge in [0.15, 0.2) is 0 Å². The van der Waals surface area contributed by atoms with Gasteiger partial charge in [-0.05, 0) is 48.5 Å². The Balaban J connectivity index is 1.56. The van der Waals surface area contributed by atoms with Crippen molar-refractivity contribution in [1.82, 2.24) is 29.9 Å². The van der Waals surface area contributed by atoms with Crippen molar-refractivity contribution in [2.24, 2.45) is 7.05 Å². The van der Waals surface area contributed by atoms with E-state index in [9.17, 15) is 9.18 Å². The number of rotatable bonds is 6. The Kier molecular flexibility index (Phi) is 5.15. The summed E-state index contributed by atoms with van der Waals surface area (Å²) in [7, 11) is 1.76. The fraction of sp³-hybridized carbons (Fsp3) is 0.143. The highest BCUT2D eigenvalue weighted by Crippen LogP contribution is 2.25. The van der Waals surface area contributed by atoms with Gasteiger partial charge in [0.1, 0.15) is 11.5 Å². The maximum atomic E-state index is 13.3. The zero-order valence-corrected chi connectivity index (χ0v) is 15.8. The van der Waals surface area contributed by atoms with E-state index in [1.165, 1.54) is 12.1 Å². The molecule has 146 valence electrons. The maximum Gasteiger partial charge on any atom is 0.271 e. The molecule has 3 aromatic heterocycles. The molecule has 0 saturated carbocycles. The van der Waals surface area contributed by atoms with Gasteiger partial charge in [0.25, 0.3) is 5.91 Å². The van der Waals surface area contributed by atoms with E-state index in [0.717, 1.165) is 22.5 Å². The Bertz CT molecular complexity index is 1120. The second-order valence-corrected chi connectivity index (χ2v) is 6.52. The monoisotopic (exact) mass is 390 g/mol. The van der Waals surface area contributed by atoms with E-state index >= 15 is 0 Å². The Morgan fingerprint density at radius 2 is 1.93 bits per heavy atom. The number of carbonyl (C=O) groups excluding carboxylic acids is 1. The minimum atomic E-state index is -0.294. The first-order valence-corrected chi connectivity index (χ1v) is 9.12. The Labute approximate surface area is 166 Å². The van der Waals surface area contributed by atoms with Crippen molar-refractivity contribution in [3.63, 3.8) is 0 Å². The molecule has 0 saturated heterocycles. The van der Waals surface area contributed by atoms with Crippen molar-refractivity contribution in [2.45, 2.75) is 6.54 Å². The number of aromatic nitrogens is 5. The van der Waals surface area contributed by atoms with Crippen molar-refractivity contribution in [3.05, 3.63) is 78.6 Å². The lowest BCUT2D eigenvalue weighted by molar-refractivity contribution is 0.0946. The Morgan fingerprint density at radius 3 is 2.62 bits per heavy atom. The van der Waals surface area contributed by atoms with Crippen LogP contribution in [0.4, 0.5) is 4.39 Å². The van der Waals surface area contributed by atoms with E-state index in [-0.39, 0.29) is 11.7 Å². The minimum absolute atomic E-state index is 0.237. The molecule has 1 N–H and O–H groups in total. The first kappa shape index (κ1) is 18.5. The number of hydrogen-bond donors (Lipinski definition) is 1. The van der Waals surface area contributed by atoms with Crippen LogP contribution in [-0.4, -0.2) is 37.0 Å². The Hall–Kier alpha value is -3.81. The molecule has 0 radical (unpaired) electrons. The molecule has 3 heterocycles. The van der Waals surface area contributed by atoms with Gasteiger partial charge in [0.2, 0.25) is 0 Å². The summed E-state index contributed by atoms with van der Waals surface area (Å²) in [5, 5.41) is 11.6. The molecule has 0 fully saturated rings. The van der Waals surface area contributed by atoms with Crippen LogP contribution in [0.1, 0.15) is 10.5 Å². The van der Waals surface area contributed by atoms with Crippen LogP contribution in [0, 0.1) is 5.82 Å². The lowest BCUT2D eigenvalue weighted by Crippen LogP contribution is -2.28. The molecule has 1 amide bonds. The third-order valence-corrected chi connectivity index (χ3v) is 4.43. The van der Waals surface area contributed by atoms with Gasteiger partial charge in [-0.15, -0.1) is 0 Å². The topological polar surface area (TPSA) is 77.6 Å². The van der Waals surface area contributed by atoms with Gasteiger partial charge in [0.05, 0.1) is 17.9 Å². The molecule has 0 atom stereocenters. The number of amides is 1. The number of pyridine rings is 1. The largest absolute Gasteiger partial charge is 0.349 e. The standard InChI is InChI=1S/C21H19FN6O/c1-27-11-8-18(25-27)21(29)24-10-12-28-20(16-3-2-9-23-14-16)13-19(26-28)15-4-6-17(22)7-5-15/h2-9,11,13-14H,10,12H2,1H3,(H,24,29). The number of nitrogens with zero attached hydrogens (tertiary/aromatic N) is 5. The van der Waals surface area contributed by atoms with E-state index in [1.54, 1.807) is 48.5 Å². The second kappa shape index (κ2) is 8.05. The first-order valence-electron chi connectivity index (χ1n) is 9.12. The van der Waals surface area contributed by atoms with Crippen LogP contribution in [0.3, 0.4) is 0 Å². The summed E-state index contributed by atoms with van der Waals surface area (Å²) < 4.78 is 16.6. The van der Waals surface area contributed by atoms with Crippen LogP contribution in [0.2, 0.25) is 0 Å². The van der Waals surface area contributed by atoms with Crippen LogP contribution < -0.4 is 5.32 Å². The number of aryl methyl sites for hydroxylation is 1. The SMILES string of the molecule is Cn1ccc(C(=O)NCCn2nc(-c3ccc(F)cc3)cc2-c2cccnc2)n1. The number of benzene rings is 1. The highest BCUT2D eigenvalue weighted by molar-refractivity contribution is 5.92. The van der Waals surface area contributed by atoms with Crippen LogP contribution in [-0.2, 0) is 13.6 Å². The zero-order valence-electron chi connectivity index (χ0n) is 15.8. The minimum Gasteiger partial charge on any atom is -0.349 e. The lowest BCUT2D eigenvalue weighted by atomic mass is 10.1. The lowest BCUT2D eigenvalue weighted by Gasteiger charge is -2.08. The Morgan fingerprint density at radius 1 is 1.10 bits per heavy atom. The predicted molar refractivity (Wildman–Crippen MR) is 106 cm³/mol. The first-order chi connectivity index (χ1) is 14.1. The van der Waals surface area contributed by atoms with Crippen molar-refractivity contribution in [2.75, 3.05) is 6.54 Å². The van der Waals surface area contributed by atoms with E-state index in [4.69, 9.17) is 0 Å². The second-order valence-electron chi connectivity index (χ2n) is 6.52. The van der Waals surface area contributed by atoms with Crippen molar-refractivity contribution >= 4 is 5.91 Å². The molecule has 0 aliphatic carbocycles. The van der Waals surface area contributed by atoms with E-state index in [0.29, 0.717) is 18.8 Å². The molecule has 7 nitrogen and oxygen atoms in total. The zero-order chi connectivity index (χ0) is 20.2. The molecule has 4 rings (SSSR count). The molecule has 0 aliphatic heterocycles. The third-order valence-electron chi connectivity index (χ3n) is 4.43. The molecule has 0 spiro atoms. The van der Waals surface area contributed by atoms with E-state index < -0.39 is 0 Å². The quantitative estimate of drug-likeness (QED) is 0.549. The summed E-state index contributed by atoms with van der Waals surface area (Å²) in [6.45, 7) is 0.844.